The predicted molar refractivity (Wildman–Crippen MR) is 252 cm³/mol. The highest BCUT2D eigenvalue weighted by atomic mass is 16.6. The van der Waals surface area contributed by atoms with Crippen molar-refractivity contribution in [1.82, 2.24) is 4.90 Å². The Labute approximate surface area is 397 Å². The van der Waals surface area contributed by atoms with Crippen LogP contribution in [0.25, 0.3) is 10.4 Å². The molecule has 16 heteroatoms. The molecule has 0 spiro atoms. The van der Waals surface area contributed by atoms with E-state index in [1.807, 2.05) is 58.1 Å². The van der Waals surface area contributed by atoms with E-state index in [9.17, 15) is 34.2 Å². The Morgan fingerprint density at radius 1 is 0.910 bits per heavy atom. The van der Waals surface area contributed by atoms with Crippen molar-refractivity contribution in [2.75, 3.05) is 27.9 Å². The maximum Gasteiger partial charge on any atom is 0.329 e. The quantitative estimate of drug-likeness (QED) is 0.0632. The monoisotopic (exact) mass is 939 g/mol. The van der Waals surface area contributed by atoms with Gasteiger partial charge in [0.2, 0.25) is 5.79 Å². The van der Waals surface area contributed by atoms with Crippen LogP contribution in [0.2, 0.25) is 0 Å². The maximum atomic E-state index is 14.4. The van der Waals surface area contributed by atoms with E-state index in [2.05, 4.69) is 10.0 Å². The number of aliphatic hydroxyl groups is 2. The molecule has 16 nitrogen and oxygen atoms in total. The third-order valence-electron chi connectivity index (χ3n) is 14.7. The number of piperidine rings is 1. The molecule has 0 aromatic heterocycles. The van der Waals surface area contributed by atoms with Crippen molar-refractivity contribution in [3.8, 4) is 0 Å². The molecule has 3 aliphatic heterocycles. The summed E-state index contributed by atoms with van der Waals surface area (Å²) in [6, 6.07) is -1.47. The molecule has 15 atom stereocenters. The van der Waals surface area contributed by atoms with Crippen molar-refractivity contribution >= 4 is 29.2 Å². The number of fused-ring (bicyclic) bond motifs is 3. The van der Waals surface area contributed by atoms with Gasteiger partial charge < -0.3 is 38.8 Å². The number of azide groups is 1. The Morgan fingerprint density at radius 3 is 2.31 bits per heavy atom. The highest BCUT2D eigenvalue weighted by Gasteiger charge is 2.53. The topological polar surface area (TPSA) is 224 Å². The van der Waals surface area contributed by atoms with E-state index in [1.54, 1.807) is 41.1 Å². The molecule has 2 bridgehead atoms. The number of cyclic esters (lactones) is 1. The van der Waals surface area contributed by atoms with Gasteiger partial charge >= 0.3 is 5.97 Å². The highest BCUT2D eigenvalue weighted by Crippen LogP contribution is 2.38. The molecule has 67 heavy (non-hydrogen) atoms. The molecule has 2 saturated heterocycles. The number of hydrogen-bond acceptors (Lipinski definition) is 13. The first kappa shape index (κ1) is 55.6. The standard InChI is InChI=1S/C51H78N4O12/c1-30-16-12-11-13-17-31(2)42(63-8)28-38-21-19-36(7)51(62,67-38)48(59)49(60)55-23-15-14-18-40(55)50(61)66-43(33(4)26-37-20-22-39(53-54-52)44(27-37)64-9)29-41(56)32(3)25-35(6)46(58)47(65-10)45(57)34(5)24-30/h11-13,16-17,25,30,32-34,36-40,42-44,46-47,58,62H,14-15,18-24,26-29H2,1-10H3/b13-11?,16-12+,31-17?,35-25+/t30-,32-,33-,34-,36-,37+,38+,39?,40+,42+,43+,44-,46-,47+,51-/m1/s1. The molecule has 0 radical (unpaired) electrons. The summed E-state index contributed by atoms with van der Waals surface area (Å²) in [5, 5.41) is 27.3. The van der Waals surface area contributed by atoms with E-state index in [0.717, 1.165) is 12.0 Å². The predicted octanol–water partition coefficient (Wildman–Crippen LogP) is 7.50. The zero-order valence-corrected chi connectivity index (χ0v) is 41.5. The zero-order chi connectivity index (χ0) is 49.6. The Bertz CT molecular complexity index is 1890. The lowest BCUT2D eigenvalue weighted by Gasteiger charge is -2.42. The number of carbonyl (C=O) groups excluding carboxylic acids is 5. The molecule has 4 rings (SSSR count). The molecule has 0 aromatic rings. The van der Waals surface area contributed by atoms with Gasteiger partial charge in [0.15, 0.2) is 5.78 Å². The minimum absolute atomic E-state index is 0.0129. The number of Topliss-reactive ketones (excluding diaryl/α,β-unsaturated/α-hetero) is 3. The van der Waals surface area contributed by atoms with E-state index in [-0.39, 0.29) is 60.9 Å². The van der Waals surface area contributed by atoms with Crippen LogP contribution in [0.4, 0.5) is 0 Å². The second kappa shape index (κ2) is 26.1. The number of aliphatic hydroxyl groups excluding tert-OH is 1. The summed E-state index contributed by atoms with van der Waals surface area (Å²) >= 11 is 0. The van der Waals surface area contributed by atoms with Crippen LogP contribution in [-0.2, 0) is 47.7 Å². The second-order valence-corrected chi connectivity index (χ2v) is 19.8. The number of carbonyl (C=O) groups is 5. The summed E-state index contributed by atoms with van der Waals surface area (Å²) in [5.41, 5.74) is 10.4. The largest absolute Gasteiger partial charge is 0.460 e. The molecule has 1 unspecified atom stereocenters. The minimum atomic E-state index is -2.44. The number of hydrogen-bond donors (Lipinski definition) is 2. The molecule has 2 N–H and O–H groups in total. The molecule has 4 aliphatic rings. The SMILES string of the molecule is CO[C@H]1C[C@@H]2CC[C@@H](C)[C@@](O)(O2)C(=O)C(=O)N2CCCC[C@H]2C(=O)O[C@H]([C@H](C)C[C@@H]2CCC(N=[N+]=[N-])[C@H](OC)C2)CC(=O)[C@H](C)/C=C(\C)[C@@H](O)[C@@H](OC)C(=O)[C@H](C)C[C@H](C)/C=C/C=CC=C1C. The second-order valence-electron chi connectivity index (χ2n) is 19.8. The zero-order valence-electron chi connectivity index (χ0n) is 41.5. The third-order valence-corrected chi connectivity index (χ3v) is 14.7. The van der Waals surface area contributed by atoms with E-state index in [1.165, 1.54) is 12.0 Å². The lowest BCUT2D eigenvalue weighted by atomic mass is 9.78. The molecule has 3 heterocycles. The average Bonchev–Trinajstić information content (AvgIpc) is 3.30. The van der Waals surface area contributed by atoms with E-state index in [0.29, 0.717) is 63.4 Å². The minimum Gasteiger partial charge on any atom is -0.460 e. The fourth-order valence-electron chi connectivity index (χ4n) is 10.3. The number of esters is 1. The van der Waals surface area contributed by atoms with Crippen LogP contribution < -0.4 is 0 Å². The van der Waals surface area contributed by atoms with Gasteiger partial charge in [0.05, 0.1) is 24.4 Å². The number of ether oxygens (including phenoxy) is 5. The van der Waals surface area contributed by atoms with Gasteiger partial charge in [0.25, 0.3) is 11.7 Å². The fourth-order valence-corrected chi connectivity index (χ4v) is 10.3. The van der Waals surface area contributed by atoms with Gasteiger partial charge in [-0.05, 0) is 112 Å². The van der Waals surface area contributed by atoms with Gasteiger partial charge in [-0.15, -0.1) is 0 Å². The van der Waals surface area contributed by atoms with Crippen molar-refractivity contribution in [3.63, 3.8) is 0 Å². The number of amides is 1. The molecule has 1 saturated carbocycles. The Balaban J connectivity index is 1.71. The summed E-state index contributed by atoms with van der Waals surface area (Å²) in [6.07, 6.45) is 11.7. The Morgan fingerprint density at radius 2 is 1.64 bits per heavy atom. The van der Waals surface area contributed by atoms with Gasteiger partial charge in [-0.25, -0.2) is 4.79 Å². The van der Waals surface area contributed by atoms with Gasteiger partial charge in [0.1, 0.15) is 30.1 Å². The van der Waals surface area contributed by atoms with E-state index < -0.39 is 77.8 Å². The highest BCUT2D eigenvalue weighted by molar-refractivity contribution is 6.39. The van der Waals surface area contributed by atoms with Crippen molar-refractivity contribution in [3.05, 3.63) is 58.0 Å². The molecular formula is C51H78N4O12. The van der Waals surface area contributed by atoms with Gasteiger partial charge in [-0.2, -0.15) is 0 Å². The van der Waals surface area contributed by atoms with E-state index in [4.69, 9.17) is 29.2 Å². The number of allylic oxidation sites excluding steroid dienone is 6. The summed E-state index contributed by atoms with van der Waals surface area (Å²) < 4.78 is 29.5. The van der Waals surface area contributed by atoms with Crippen LogP contribution in [-0.4, -0.2) is 127 Å². The van der Waals surface area contributed by atoms with Gasteiger partial charge in [-0.1, -0.05) is 76.2 Å². The first-order chi connectivity index (χ1) is 31.8. The van der Waals surface area contributed by atoms with Crippen LogP contribution in [0.1, 0.15) is 126 Å². The van der Waals surface area contributed by atoms with Gasteiger partial charge in [-0.3, -0.25) is 19.2 Å². The Hall–Kier alpha value is -4.02. The smallest absolute Gasteiger partial charge is 0.329 e. The summed E-state index contributed by atoms with van der Waals surface area (Å²) in [6.45, 7) is 12.7. The maximum absolute atomic E-state index is 14.4. The first-order valence-electron chi connectivity index (χ1n) is 24.3. The van der Waals surface area contributed by atoms with Crippen molar-refractivity contribution in [1.29, 1.82) is 0 Å². The summed E-state index contributed by atoms with van der Waals surface area (Å²) in [5.74, 6) is -8.09. The lowest BCUT2D eigenvalue weighted by molar-refractivity contribution is -0.265. The third kappa shape index (κ3) is 14.7. The van der Waals surface area contributed by atoms with Crippen molar-refractivity contribution < 1.29 is 57.9 Å². The number of rotatable bonds is 7. The van der Waals surface area contributed by atoms with Crippen molar-refractivity contribution in [2.24, 2.45) is 40.6 Å². The van der Waals surface area contributed by atoms with Crippen LogP contribution in [0, 0.1) is 35.5 Å². The lowest BCUT2D eigenvalue weighted by Crippen LogP contribution is -2.61. The average molecular weight is 939 g/mol. The van der Waals surface area contributed by atoms with Crippen LogP contribution in [0.15, 0.2) is 52.7 Å². The first-order valence-corrected chi connectivity index (χ1v) is 24.3. The molecule has 0 aromatic carbocycles. The molecular weight excluding hydrogens is 861 g/mol. The fraction of sp³-hybridized carbons (Fsp3) is 0.745. The molecule has 3 fully saturated rings. The van der Waals surface area contributed by atoms with Crippen LogP contribution >= 0.6 is 0 Å². The number of nitrogens with zero attached hydrogens (tertiary/aromatic N) is 4. The molecule has 374 valence electrons. The van der Waals surface area contributed by atoms with Crippen LogP contribution in [0.5, 0.6) is 0 Å². The summed E-state index contributed by atoms with van der Waals surface area (Å²) in [7, 11) is 4.52. The molecule has 1 aliphatic carbocycles. The summed E-state index contributed by atoms with van der Waals surface area (Å²) in [4.78, 5) is 75.0. The van der Waals surface area contributed by atoms with E-state index >= 15 is 0 Å². The van der Waals surface area contributed by atoms with Crippen LogP contribution in [0.3, 0.4) is 0 Å². The normalized spacial score (nSPS) is 38.1. The number of ketones is 3. The van der Waals surface area contributed by atoms with Gasteiger partial charge in [0, 0.05) is 63.4 Å². The molecule has 1 amide bonds. The van der Waals surface area contributed by atoms with Crippen molar-refractivity contribution in [2.45, 2.75) is 180 Å². The Kier molecular flexibility index (Phi) is 21.6. The number of methoxy groups -OCH3 is 3.